The van der Waals surface area contributed by atoms with Gasteiger partial charge in [0.2, 0.25) is 0 Å². The molecule has 1 atom stereocenters. The quantitative estimate of drug-likeness (QED) is 0.794. The Balaban J connectivity index is 1.64. The molecule has 2 aromatic carbocycles. The maximum absolute atomic E-state index is 12.7. The monoisotopic (exact) mass is 356 g/mol. The van der Waals surface area contributed by atoms with E-state index in [-0.39, 0.29) is 12.0 Å². The van der Waals surface area contributed by atoms with Gasteiger partial charge in [0.15, 0.2) is 0 Å². The Kier molecular flexibility index (Phi) is 5.96. The van der Waals surface area contributed by atoms with Crippen molar-refractivity contribution in [2.45, 2.75) is 18.9 Å². The number of carbonyl (C=O) groups is 1. The number of hydrogen-bond acceptors (Lipinski definition) is 5. The SMILES string of the molecule is COc1cccc(OC)c1C(=O)Nc1ccc(NCC2CCCO2)cc1. The summed E-state index contributed by atoms with van der Waals surface area (Å²) in [6.07, 6.45) is 2.51. The van der Waals surface area contributed by atoms with Crippen molar-refractivity contribution in [3.63, 3.8) is 0 Å². The molecule has 0 spiro atoms. The van der Waals surface area contributed by atoms with E-state index < -0.39 is 0 Å². The zero-order valence-electron chi connectivity index (χ0n) is 15.1. The molecule has 1 aliphatic heterocycles. The first-order valence-electron chi connectivity index (χ1n) is 8.69. The van der Waals surface area contributed by atoms with Gasteiger partial charge in [0.1, 0.15) is 17.1 Å². The summed E-state index contributed by atoms with van der Waals surface area (Å²) in [5, 5.41) is 6.24. The molecular weight excluding hydrogens is 332 g/mol. The fourth-order valence-electron chi connectivity index (χ4n) is 2.98. The molecule has 0 aliphatic carbocycles. The Morgan fingerprint density at radius 1 is 1.08 bits per heavy atom. The van der Waals surface area contributed by atoms with Crippen molar-refractivity contribution in [3.8, 4) is 11.5 Å². The fourth-order valence-corrected chi connectivity index (χ4v) is 2.98. The Hall–Kier alpha value is -2.73. The third-order valence-electron chi connectivity index (χ3n) is 4.36. The number of carbonyl (C=O) groups excluding carboxylic acids is 1. The summed E-state index contributed by atoms with van der Waals surface area (Å²) in [6, 6.07) is 12.8. The predicted octanol–water partition coefficient (Wildman–Crippen LogP) is 3.55. The molecule has 0 aromatic heterocycles. The second-order valence-electron chi connectivity index (χ2n) is 6.08. The molecule has 26 heavy (non-hydrogen) atoms. The number of anilines is 2. The average Bonchev–Trinajstić information content (AvgIpc) is 3.20. The second-order valence-corrected chi connectivity index (χ2v) is 6.08. The van der Waals surface area contributed by atoms with Crippen LogP contribution in [-0.4, -0.2) is 39.4 Å². The van der Waals surface area contributed by atoms with E-state index in [4.69, 9.17) is 14.2 Å². The van der Waals surface area contributed by atoms with Crippen LogP contribution in [0, 0.1) is 0 Å². The van der Waals surface area contributed by atoms with Gasteiger partial charge in [-0.1, -0.05) is 6.07 Å². The number of methoxy groups -OCH3 is 2. The Bertz CT molecular complexity index is 718. The van der Waals surface area contributed by atoms with Crippen molar-refractivity contribution in [1.82, 2.24) is 0 Å². The van der Waals surface area contributed by atoms with E-state index >= 15 is 0 Å². The number of hydrogen-bond donors (Lipinski definition) is 2. The third kappa shape index (κ3) is 4.26. The van der Waals surface area contributed by atoms with Gasteiger partial charge in [-0.05, 0) is 49.2 Å². The van der Waals surface area contributed by atoms with E-state index in [1.807, 2.05) is 24.3 Å². The Labute approximate surface area is 153 Å². The molecule has 2 N–H and O–H groups in total. The predicted molar refractivity (Wildman–Crippen MR) is 101 cm³/mol. The highest BCUT2D eigenvalue weighted by molar-refractivity contribution is 6.08. The molecule has 1 heterocycles. The smallest absolute Gasteiger partial charge is 0.263 e. The molecule has 1 fully saturated rings. The highest BCUT2D eigenvalue weighted by Gasteiger charge is 2.18. The van der Waals surface area contributed by atoms with Crippen LogP contribution < -0.4 is 20.1 Å². The molecule has 6 heteroatoms. The first-order valence-corrected chi connectivity index (χ1v) is 8.69. The zero-order chi connectivity index (χ0) is 18.4. The molecule has 0 radical (unpaired) electrons. The Morgan fingerprint density at radius 3 is 2.31 bits per heavy atom. The fraction of sp³-hybridized carbons (Fsp3) is 0.350. The standard InChI is InChI=1S/C20H24N2O4/c1-24-17-6-3-7-18(25-2)19(17)20(23)22-15-10-8-14(9-11-15)21-13-16-5-4-12-26-16/h3,6-11,16,21H,4-5,12-13H2,1-2H3,(H,22,23). The number of amides is 1. The number of nitrogens with one attached hydrogen (secondary N) is 2. The van der Waals surface area contributed by atoms with Crippen molar-refractivity contribution in [3.05, 3.63) is 48.0 Å². The second kappa shape index (κ2) is 8.58. The maximum atomic E-state index is 12.7. The molecular formula is C20H24N2O4. The summed E-state index contributed by atoms with van der Waals surface area (Å²) in [5.74, 6) is 0.660. The van der Waals surface area contributed by atoms with Gasteiger partial charge in [-0.3, -0.25) is 4.79 Å². The molecule has 0 saturated carbocycles. The summed E-state index contributed by atoms with van der Waals surface area (Å²) < 4.78 is 16.2. The lowest BCUT2D eigenvalue weighted by atomic mass is 10.1. The normalized spacial score (nSPS) is 16.2. The van der Waals surface area contributed by atoms with Crippen LogP contribution >= 0.6 is 0 Å². The molecule has 0 bridgehead atoms. The average molecular weight is 356 g/mol. The van der Waals surface area contributed by atoms with Crippen molar-refractivity contribution in [2.24, 2.45) is 0 Å². The minimum absolute atomic E-state index is 0.278. The minimum Gasteiger partial charge on any atom is -0.496 e. The largest absolute Gasteiger partial charge is 0.496 e. The molecule has 138 valence electrons. The van der Waals surface area contributed by atoms with Crippen LogP contribution in [0.25, 0.3) is 0 Å². The molecule has 2 aromatic rings. The summed E-state index contributed by atoms with van der Waals surface area (Å²) >= 11 is 0. The molecule has 1 aliphatic rings. The van der Waals surface area contributed by atoms with Crippen molar-refractivity contribution >= 4 is 17.3 Å². The number of benzene rings is 2. The van der Waals surface area contributed by atoms with Crippen LogP contribution in [-0.2, 0) is 4.74 Å². The van der Waals surface area contributed by atoms with Crippen LogP contribution in [0.4, 0.5) is 11.4 Å². The molecule has 1 saturated heterocycles. The van der Waals surface area contributed by atoms with Gasteiger partial charge in [0.05, 0.1) is 20.3 Å². The van der Waals surface area contributed by atoms with E-state index in [9.17, 15) is 4.79 Å². The topological polar surface area (TPSA) is 68.8 Å². The lowest BCUT2D eigenvalue weighted by molar-refractivity contribution is 0.102. The third-order valence-corrected chi connectivity index (χ3v) is 4.36. The molecule has 6 nitrogen and oxygen atoms in total. The van der Waals surface area contributed by atoms with Gasteiger partial charge in [-0.2, -0.15) is 0 Å². The van der Waals surface area contributed by atoms with Gasteiger partial charge >= 0.3 is 0 Å². The number of ether oxygens (including phenoxy) is 3. The van der Waals surface area contributed by atoms with Gasteiger partial charge < -0.3 is 24.8 Å². The van der Waals surface area contributed by atoms with Crippen LogP contribution in [0.5, 0.6) is 11.5 Å². The van der Waals surface area contributed by atoms with Crippen molar-refractivity contribution < 1.29 is 19.0 Å². The summed E-state index contributed by atoms with van der Waals surface area (Å²) in [6.45, 7) is 1.65. The molecule has 3 rings (SSSR count). The van der Waals surface area contributed by atoms with E-state index in [0.717, 1.165) is 31.7 Å². The van der Waals surface area contributed by atoms with E-state index in [2.05, 4.69) is 10.6 Å². The van der Waals surface area contributed by atoms with Gasteiger partial charge in [0, 0.05) is 24.5 Å². The molecule has 1 amide bonds. The minimum atomic E-state index is -0.278. The van der Waals surface area contributed by atoms with E-state index in [0.29, 0.717) is 22.7 Å². The van der Waals surface area contributed by atoms with E-state index in [1.54, 1.807) is 18.2 Å². The lowest BCUT2D eigenvalue weighted by Gasteiger charge is -2.14. The van der Waals surface area contributed by atoms with Crippen LogP contribution in [0.3, 0.4) is 0 Å². The van der Waals surface area contributed by atoms with Crippen molar-refractivity contribution in [1.29, 1.82) is 0 Å². The first kappa shape index (κ1) is 18.1. The first-order chi connectivity index (χ1) is 12.7. The highest BCUT2D eigenvalue weighted by Crippen LogP contribution is 2.29. The lowest BCUT2D eigenvalue weighted by Crippen LogP contribution is -2.18. The van der Waals surface area contributed by atoms with Crippen molar-refractivity contribution in [2.75, 3.05) is 38.0 Å². The highest BCUT2D eigenvalue weighted by atomic mass is 16.5. The zero-order valence-corrected chi connectivity index (χ0v) is 15.1. The summed E-state index contributed by atoms with van der Waals surface area (Å²) in [5.41, 5.74) is 2.07. The van der Waals surface area contributed by atoms with E-state index in [1.165, 1.54) is 14.2 Å². The summed E-state index contributed by atoms with van der Waals surface area (Å²) in [4.78, 5) is 12.7. The summed E-state index contributed by atoms with van der Waals surface area (Å²) in [7, 11) is 3.06. The molecule has 1 unspecified atom stereocenters. The van der Waals surface area contributed by atoms with Gasteiger partial charge in [0.25, 0.3) is 5.91 Å². The van der Waals surface area contributed by atoms with Gasteiger partial charge in [-0.15, -0.1) is 0 Å². The Morgan fingerprint density at radius 2 is 1.73 bits per heavy atom. The van der Waals surface area contributed by atoms with Crippen LogP contribution in [0.1, 0.15) is 23.2 Å². The number of rotatable bonds is 7. The van der Waals surface area contributed by atoms with Crippen LogP contribution in [0.2, 0.25) is 0 Å². The maximum Gasteiger partial charge on any atom is 0.263 e. The van der Waals surface area contributed by atoms with Crippen LogP contribution in [0.15, 0.2) is 42.5 Å². The van der Waals surface area contributed by atoms with Gasteiger partial charge in [-0.25, -0.2) is 0 Å².